The molecular formula is CH6ClNO3. The first-order chi connectivity index (χ1) is 1.73. The van der Waals surface area contributed by atoms with Crippen molar-refractivity contribution in [2.45, 2.75) is 0 Å². The highest BCUT2D eigenvalue weighted by molar-refractivity contribution is 5.85. The molecule has 0 aromatic carbocycles. The normalized spacial score (nSPS) is 4.00. The van der Waals surface area contributed by atoms with Crippen molar-refractivity contribution in [3.63, 3.8) is 0 Å². The van der Waals surface area contributed by atoms with Crippen molar-refractivity contribution in [2.75, 3.05) is 0 Å². The predicted octanol–water partition coefficient (Wildman–Crippen LogP) is -0.780. The zero-order chi connectivity index (χ0) is 3.58. The Bertz CT molecular complexity index is 33.8. The fourth-order valence-corrected chi connectivity index (χ4v) is 0. The van der Waals surface area contributed by atoms with E-state index in [2.05, 4.69) is 5.73 Å². The molecular weight excluding hydrogens is 109 g/mol. The summed E-state index contributed by atoms with van der Waals surface area (Å²) in [5, 5.41) is 7.19. The first-order valence-corrected chi connectivity index (χ1v) is 0.716. The van der Waals surface area contributed by atoms with Crippen molar-refractivity contribution >= 4 is 18.5 Å². The van der Waals surface area contributed by atoms with Crippen molar-refractivity contribution in [1.29, 1.82) is 0 Å². The summed E-state index contributed by atoms with van der Waals surface area (Å²) >= 11 is 0. The van der Waals surface area contributed by atoms with Crippen LogP contribution in [0.2, 0.25) is 0 Å². The van der Waals surface area contributed by atoms with Gasteiger partial charge in [-0.05, 0) is 0 Å². The number of hydrogen-bond donors (Lipinski definition) is 2. The number of carbonyl (C=O) groups is 1. The van der Waals surface area contributed by atoms with Crippen molar-refractivity contribution in [2.24, 2.45) is 5.73 Å². The lowest BCUT2D eigenvalue weighted by Crippen LogP contribution is -2.03. The van der Waals surface area contributed by atoms with Crippen LogP contribution in [0.15, 0.2) is 0 Å². The second-order valence-electron chi connectivity index (χ2n) is 0.338. The van der Waals surface area contributed by atoms with Crippen LogP contribution in [-0.4, -0.2) is 16.7 Å². The molecule has 1 amide bonds. The summed E-state index contributed by atoms with van der Waals surface area (Å²) in [6.07, 6.45) is -1.33. The molecule has 0 spiro atoms. The van der Waals surface area contributed by atoms with Crippen LogP contribution in [0, 0.1) is 0 Å². The Kier molecular flexibility index (Phi) is 26.1. The Labute approximate surface area is 40.7 Å². The van der Waals surface area contributed by atoms with Gasteiger partial charge in [-0.15, -0.1) is 12.4 Å². The monoisotopic (exact) mass is 115 g/mol. The Morgan fingerprint density at radius 2 is 1.67 bits per heavy atom. The van der Waals surface area contributed by atoms with Gasteiger partial charge in [0.15, 0.2) is 0 Å². The minimum Gasteiger partial charge on any atom is -0.465 e. The molecule has 0 aliphatic carbocycles. The van der Waals surface area contributed by atoms with Gasteiger partial charge < -0.3 is 16.3 Å². The molecule has 5 N–H and O–H groups in total. The number of hydrogen-bond acceptors (Lipinski definition) is 1. The summed E-state index contributed by atoms with van der Waals surface area (Å²) < 4.78 is 0. The van der Waals surface area contributed by atoms with Crippen LogP contribution in [0.4, 0.5) is 4.79 Å². The Morgan fingerprint density at radius 1 is 1.67 bits per heavy atom. The van der Waals surface area contributed by atoms with Gasteiger partial charge in [0.25, 0.3) is 0 Å². The van der Waals surface area contributed by atoms with E-state index in [0.29, 0.717) is 0 Å². The third-order valence-corrected chi connectivity index (χ3v) is 0. The molecule has 0 saturated heterocycles. The summed E-state index contributed by atoms with van der Waals surface area (Å²) in [6, 6.07) is 0. The Morgan fingerprint density at radius 3 is 1.67 bits per heavy atom. The van der Waals surface area contributed by atoms with E-state index in [0.717, 1.165) is 0 Å². The Balaban J connectivity index is -0.0000000450. The van der Waals surface area contributed by atoms with Crippen LogP contribution >= 0.6 is 12.4 Å². The SMILES string of the molecule is Cl.NC(=O)O.O. The second-order valence-corrected chi connectivity index (χ2v) is 0.338. The third-order valence-electron chi connectivity index (χ3n) is 0. The minimum absolute atomic E-state index is 0. The lowest BCUT2D eigenvalue weighted by molar-refractivity contribution is 0.205. The highest BCUT2D eigenvalue weighted by Crippen LogP contribution is 1.34. The molecule has 40 valence electrons. The smallest absolute Gasteiger partial charge is 0.402 e. The lowest BCUT2D eigenvalue weighted by atomic mass is 11.3. The van der Waals surface area contributed by atoms with Crippen molar-refractivity contribution in [1.82, 2.24) is 0 Å². The maximum atomic E-state index is 8.78. The summed E-state index contributed by atoms with van der Waals surface area (Å²) in [5.41, 5.74) is 4.03. The molecule has 5 heteroatoms. The molecule has 0 bridgehead atoms. The number of nitrogens with two attached hydrogens (primary N) is 1. The predicted molar refractivity (Wildman–Crippen MR) is 23.1 cm³/mol. The maximum Gasteiger partial charge on any atom is 0.402 e. The number of halogens is 1. The molecule has 0 rings (SSSR count). The minimum atomic E-state index is -1.33. The van der Waals surface area contributed by atoms with Crippen molar-refractivity contribution < 1.29 is 15.4 Å². The van der Waals surface area contributed by atoms with Gasteiger partial charge in [0, 0.05) is 0 Å². The molecule has 0 aliphatic rings. The molecule has 0 saturated carbocycles. The molecule has 0 aliphatic heterocycles. The number of amides is 1. The molecule has 6 heavy (non-hydrogen) atoms. The highest BCUT2D eigenvalue weighted by Gasteiger charge is 1.65. The summed E-state index contributed by atoms with van der Waals surface area (Å²) in [7, 11) is 0. The molecule has 4 nitrogen and oxygen atoms in total. The van der Waals surface area contributed by atoms with Crippen molar-refractivity contribution in [3.05, 3.63) is 0 Å². The second kappa shape index (κ2) is 8.82. The van der Waals surface area contributed by atoms with Crippen LogP contribution in [0.3, 0.4) is 0 Å². The van der Waals surface area contributed by atoms with Gasteiger partial charge in [-0.25, -0.2) is 4.79 Å². The van der Waals surface area contributed by atoms with Crippen LogP contribution < -0.4 is 5.73 Å². The molecule has 0 fully saturated rings. The van der Waals surface area contributed by atoms with Gasteiger partial charge in [-0.2, -0.15) is 0 Å². The van der Waals surface area contributed by atoms with E-state index < -0.39 is 6.09 Å². The Hall–Kier alpha value is -0.480. The van der Waals surface area contributed by atoms with Crippen LogP contribution in [0.1, 0.15) is 0 Å². The van der Waals surface area contributed by atoms with Crippen molar-refractivity contribution in [3.8, 4) is 0 Å². The van der Waals surface area contributed by atoms with Gasteiger partial charge >= 0.3 is 6.09 Å². The van der Waals surface area contributed by atoms with Gasteiger partial charge in [0.05, 0.1) is 0 Å². The number of rotatable bonds is 0. The third kappa shape index (κ3) is 97.0. The van der Waals surface area contributed by atoms with E-state index in [1.54, 1.807) is 0 Å². The standard InChI is InChI=1S/CH3NO2.ClH.H2O/c2-1(3)4;;/h2H2,(H,3,4);1H;1H2. The molecule has 0 aromatic heterocycles. The van der Waals surface area contributed by atoms with Gasteiger partial charge in [0.1, 0.15) is 0 Å². The van der Waals surface area contributed by atoms with E-state index in [4.69, 9.17) is 9.90 Å². The fraction of sp³-hybridized carbons (Fsp3) is 0. The fourth-order valence-electron chi connectivity index (χ4n) is 0. The lowest BCUT2D eigenvalue weighted by Gasteiger charge is -1.61. The van der Waals surface area contributed by atoms with Gasteiger partial charge in [0.2, 0.25) is 0 Å². The molecule has 0 radical (unpaired) electrons. The summed E-state index contributed by atoms with van der Waals surface area (Å²) in [6.45, 7) is 0. The van der Waals surface area contributed by atoms with Gasteiger partial charge in [-0.1, -0.05) is 0 Å². The molecule has 0 heterocycles. The van der Waals surface area contributed by atoms with E-state index in [1.807, 2.05) is 0 Å². The van der Waals surface area contributed by atoms with Gasteiger partial charge in [-0.3, -0.25) is 0 Å². The quantitative estimate of drug-likeness (QED) is 0.433. The topological polar surface area (TPSA) is 94.8 Å². The van der Waals surface area contributed by atoms with Crippen LogP contribution in [0.5, 0.6) is 0 Å². The zero-order valence-electron chi connectivity index (χ0n) is 2.84. The van der Waals surface area contributed by atoms with Crippen LogP contribution in [0.25, 0.3) is 0 Å². The molecule has 0 atom stereocenters. The first-order valence-electron chi connectivity index (χ1n) is 0.716. The van der Waals surface area contributed by atoms with E-state index in [9.17, 15) is 0 Å². The van der Waals surface area contributed by atoms with E-state index >= 15 is 0 Å². The maximum absolute atomic E-state index is 8.78. The first kappa shape index (κ1) is 17.8. The summed E-state index contributed by atoms with van der Waals surface area (Å²) in [5.74, 6) is 0. The highest BCUT2D eigenvalue weighted by atomic mass is 35.5. The zero-order valence-corrected chi connectivity index (χ0v) is 3.66. The van der Waals surface area contributed by atoms with E-state index in [1.165, 1.54) is 0 Å². The average Bonchev–Trinajstić information content (AvgIpc) is 0.811. The number of carboxylic acid groups (broad SMARTS) is 1. The largest absolute Gasteiger partial charge is 0.465 e. The van der Waals surface area contributed by atoms with E-state index in [-0.39, 0.29) is 17.9 Å². The van der Waals surface area contributed by atoms with Crippen LogP contribution in [-0.2, 0) is 0 Å². The molecule has 0 aromatic rings. The summed E-state index contributed by atoms with van der Waals surface area (Å²) in [4.78, 5) is 8.78. The molecule has 0 unspecified atom stereocenters. The number of primary amides is 1. The average molecular weight is 116 g/mol.